The molecule has 0 aliphatic heterocycles. The van der Waals surface area contributed by atoms with Crippen LogP contribution in [0.4, 0.5) is 0 Å². The number of aromatic nitrogens is 3. The Morgan fingerprint density at radius 1 is 1.67 bits per heavy atom. The van der Waals surface area contributed by atoms with Crippen molar-refractivity contribution in [3.05, 3.63) is 12.2 Å². The van der Waals surface area contributed by atoms with E-state index in [0.29, 0.717) is 11.7 Å². The quantitative estimate of drug-likeness (QED) is 0.710. The molecule has 1 aromatic rings. The van der Waals surface area contributed by atoms with Gasteiger partial charge >= 0.3 is 5.97 Å². The molecule has 15 heavy (non-hydrogen) atoms. The Bertz CT molecular complexity index is 335. The van der Waals surface area contributed by atoms with Crippen LogP contribution >= 0.6 is 0 Å². The standard InChI is InChI=1S/C9H16N4O2/c1-6(2)4-13-8(11-5-12-13)3-7(10)9(14)15/h5-7H,3-4,10H2,1-2H3,(H,14,15). The van der Waals surface area contributed by atoms with E-state index >= 15 is 0 Å². The van der Waals surface area contributed by atoms with Crippen molar-refractivity contribution >= 4 is 5.97 Å². The highest BCUT2D eigenvalue weighted by Gasteiger charge is 2.16. The average molecular weight is 212 g/mol. The lowest BCUT2D eigenvalue weighted by Gasteiger charge is -2.10. The maximum Gasteiger partial charge on any atom is 0.320 e. The van der Waals surface area contributed by atoms with Crippen LogP contribution in [0.3, 0.4) is 0 Å². The number of carbonyl (C=O) groups is 1. The van der Waals surface area contributed by atoms with Crippen LogP contribution in [0.1, 0.15) is 19.7 Å². The number of nitrogens with zero attached hydrogens (tertiary/aromatic N) is 3. The van der Waals surface area contributed by atoms with Gasteiger partial charge in [0.1, 0.15) is 18.2 Å². The zero-order valence-electron chi connectivity index (χ0n) is 8.92. The normalized spacial score (nSPS) is 13.1. The van der Waals surface area contributed by atoms with E-state index in [-0.39, 0.29) is 6.42 Å². The first-order chi connectivity index (χ1) is 7.00. The Balaban J connectivity index is 2.68. The first kappa shape index (κ1) is 11.6. The zero-order chi connectivity index (χ0) is 11.4. The molecule has 1 atom stereocenters. The molecule has 0 radical (unpaired) electrons. The molecule has 0 aliphatic rings. The smallest absolute Gasteiger partial charge is 0.320 e. The Morgan fingerprint density at radius 2 is 2.33 bits per heavy atom. The van der Waals surface area contributed by atoms with Gasteiger partial charge in [0.25, 0.3) is 0 Å². The van der Waals surface area contributed by atoms with Gasteiger partial charge in [-0.05, 0) is 5.92 Å². The van der Waals surface area contributed by atoms with Crippen molar-refractivity contribution < 1.29 is 9.90 Å². The fraction of sp³-hybridized carbons (Fsp3) is 0.667. The van der Waals surface area contributed by atoms with Crippen LogP contribution < -0.4 is 5.73 Å². The highest BCUT2D eigenvalue weighted by molar-refractivity contribution is 5.73. The van der Waals surface area contributed by atoms with Crippen LogP contribution in [0, 0.1) is 5.92 Å². The molecule has 6 nitrogen and oxygen atoms in total. The van der Waals surface area contributed by atoms with Gasteiger partial charge in [0, 0.05) is 13.0 Å². The van der Waals surface area contributed by atoms with Crippen molar-refractivity contribution in [1.82, 2.24) is 14.8 Å². The highest BCUT2D eigenvalue weighted by atomic mass is 16.4. The van der Waals surface area contributed by atoms with E-state index in [1.54, 1.807) is 4.68 Å². The second-order valence-corrected chi connectivity index (χ2v) is 3.90. The SMILES string of the molecule is CC(C)Cn1ncnc1CC(N)C(=O)O. The van der Waals surface area contributed by atoms with E-state index in [9.17, 15) is 4.79 Å². The Kier molecular flexibility index (Phi) is 3.79. The van der Waals surface area contributed by atoms with E-state index in [2.05, 4.69) is 23.9 Å². The minimum absolute atomic E-state index is 0.210. The molecule has 1 heterocycles. The summed E-state index contributed by atoms with van der Waals surface area (Å²) >= 11 is 0. The molecule has 0 saturated heterocycles. The van der Waals surface area contributed by atoms with Crippen LogP contribution in [0.15, 0.2) is 6.33 Å². The fourth-order valence-corrected chi connectivity index (χ4v) is 1.23. The van der Waals surface area contributed by atoms with E-state index < -0.39 is 12.0 Å². The molecular formula is C9H16N4O2. The summed E-state index contributed by atoms with van der Waals surface area (Å²) in [4.78, 5) is 14.6. The first-order valence-electron chi connectivity index (χ1n) is 4.85. The number of carboxylic acids is 1. The third-order valence-corrected chi connectivity index (χ3v) is 1.95. The number of aliphatic carboxylic acids is 1. The topological polar surface area (TPSA) is 94.0 Å². The lowest BCUT2D eigenvalue weighted by Crippen LogP contribution is -2.33. The van der Waals surface area contributed by atoms with Crippen molar-refractivity contribution in [2.75, 3.05) is 0 Å². The molecule has 1 unspecified atom stereocenters. The second-order valence-electron chi connectivity index (χ2n) is 3.90. The van der Waals surface area contributed by atoms with Gasteiger partial charge < -0.3 is 10.8 Å². The molecule has 0 saturated carbocycles. The molecule has 0 bridgehead atoms. The molecule has 1 rings (SSSR count). The first-order valence-corrected chi connectivity index (χ1v) is 4.85. The molecule has 0 amide bonds. The number of carboxylic acid groups (broad SMARTS) is 1. The van der Waals surface area contributed by atoms with Crippen molar-refractivity contribution in [3.8, 4) is 0 Å². The largest absolute Gasteiger partial charge is 0.480 e. The molecule has 0 aliphatic carbocycles. The summed E-state index contributed by atoms with van der Waals surface area (Å²) in [7, 11) is 0. The van der Waals surface area contributed by atoms with Gasteiger partial charge in [-0.25, -0.2) is 9.67 Å². The van der Waals surface area contributed by atoms with E-state index in [1.165, 1.54) is 6.33 Å². The molecule has 1 aromatic heterocycles. The zero-order valence-corrected chi connectivity index (χ0v) is 8.92. The lowest BCUT2D eigenvalue weighted by molar-refractivity contribution is -0.138. The molecule has 84 valence electrons. The number of hydrogen-bond acceptors (Lipinski definition) is 4. The minimum Gasteiger partial charge on any atom is -0.480 e. The molecule has 6 heteroatoms. The van der Waals surface area contributed by atoms with Crippen LogP contribution in [0.5, 0.6) is 0 Å². The molecule has 3 N–H and O–H groups in total. The summed E-state index contributed by atoms with van der Waals surface area (Å²) in [6.07, 6.45) is 1.63. The van der Waals surface area contributed by atoms with Gasteiger partial charge in [0.2, 0.25) is 0 Å². The van der Waals surface area contributed by atoms with Crippen molar-refractivity contribution in [1.29, 1.82) is 0 Å². The Hall–Kier alpha value is -1.43. The maximum absolute atomic E-state index is 10.6. The van der Waals surface area contributed by atoms with E-state index in [4.69, 9.17) is 10.8 Å². The average Bonchev–Trinajstić information content (AvgIpc) is 2.51. The predicted octanol–water partition coefficient (Wildman–Crippen LogP) is -0.111. The maximum atomic E-state index is 10.6. The monoisotopic (exact) mass is 212 g/mol. The van der Waals surface area contributed by atoms with Crippen LogP contribution in [0.25, 0.3) is 0 Å². The van der Waals surface area contributed by atoms with E-state index in [0.717, 1.165) is 6.54 Å². The van der Waals surface area contributed by atoms with Gasteiger partial charge in [0.05, 0.1) is 0 Å². The number of nitrogens with two attached hydrogens (primary N) is 1. The van der Waals surface area contributed by atoms with Crippen LogP contribution in [-0.2, 0) is 17.8 Å². The van der Waals surface area contributed by atoms with Crippen molar-refractivity contribution in [2.45, 2.75) is 32.9 Å². The molecule has 0 fully saturated rings. The number of rotatable bonds is 5. The second kappa shape index (κ2) is 4.88. The minimum atomic E-state index is -1.02. The third kappa shape index (κ3) is 3.32. The van der Waals surface area contributed by atoms with Crippen molar-refractivity contribution in [2.24, 2.45) is 11.7 Å². The van der Waals surface area contributed by atoms with Gasteiger partial charge in [-0.1, -0.05) is 13.8 Å². The number of hydrogen-bond donors (Lipinski definition) is 2. The summed E-state index contributed by atoms with van der Waals surface area (Å²) in [6, 6.07) is -0.917. The summed E-state index contributed by atoms with van der Waals surface area (Å²) in [6.45, 7) is 4.84. The van der Waals surface area contributed by atoms with Crippen molar-refractivity contribution in [3.63, 3.8) is 0 Å². The third-order valence-electron chi connectivity index (χ3n) is 1.95. The van der Waals surface area contributed by atoms with Gasteiger partial charge in [-0.15, -0.1) is 0 Å². The molecule has 0 aromatic carbocycles. The van der Waals surface area contributed by atoms with Crippen LogP contribution in [-0.4, -0.2) is 31.9 Å². The van der Waals surface area contributed by atoms with Gasteiger partial charge in [-0.2, -0.15) is 5.10 Å². The van der Waals surface area contributed by atoms with E-state index in [1.807, 2.05) is 0 Å². The van der Waals surface area contributed by atoms with Gasteiger partial charge in [0.15, 0.2) is 0 Å². The summed E-state index contributed by atoms with van der Waals surface area (Å²) < 4.78 is 1.70. The molecule has 0 spiro atoms. The van der Waals surface area contributed by atoms with Crippen LogP contribution in [0.2, 0.25) is 0 Å². The molecular weight excluding hydrogens is 196 g/mol. The Labute approximate surface area is 88.1 Å². The Morgan fingerprint density at radius 3 is 2.87 bits per heavy atom. The highest BCUT2D eigenvalue weighted by Crippen LogP contribution is 2.03. The summed E-state index contributed by atoms with van der Waals surface area (Å²) in [5.74, 6) is 0.0409. The predicted molar refractivity (Wildman–Crippen MR) is 54.2 cm³/mol. The van der Waals surface area contributed by atoms with Gasteiger partial charge in [-0.3, -0.25) is 4.79 Å². The lowest BCUT2D eigenvalue weighted by atomic mass is 10.2. The fourth-order valence-electron chi connectivity index (χ4n) is 1.23. The summed E-state index contributed by atoms with van der Waals surface area (Å²) in [5, 5.41) is 12.7. The summed E-state index contributed by atoms with van der Waals surface area (Å²) in [5.41, 5.74) is 5.43.